The van der Waals surface area contributed by atoms with Gasteiger partial charge in [-0.2, -0.15) is 10.5 Å². The molecule has 0 aliphatic rings. The van der Waals surface area contributed by atoms with Gasteiger partial charge in [0.2, 0.25) is 0 Å². The van der Waals surface area contributed by atoms with Gasteiger partial charge in [-0.15, -0.1) is 0 Å². The molecule has 0 aromatic heterocycles. The van der Waals surface area contributed by atoms with Crippen molar-refractivity contribution >= 4 is 5.78 Å². The Morgan fingerprint density at radius 3 is 1.39 bits per heavy atom. The van der Waals surface area contributed by atoms with E-state index in [1.807, 2.05) is 36.4 Å². The van der Waals surface area contributed by atoms with Crippen LogP contribution in [0.15, 0.2) is 36.4 Å². The largest absolute Gasteiger partial charge is 0.299 e. The zero-order valence-electron chi connectivity index (χ0n) is 17.7. The normalized spacial score (nSPS) is 11.6. The molecule has 3 heteroatoms. The minimum absolute atomic E-state index is 0.0000161. The lowest BCUT2D eigenvalue weighted by atomic mass is 9.84. The minimum atomic E-state index is -0.0510. The van der Waals surface area contributed by atoms with Gasteiger partial charge >= 0.3 is 0 Å². The number of Topliss-reactive ketones (excluding diaryl/α,β-unsaturated/α-hetero) is 1. The molecule has 3 nitrogen and oxygen atoms in total. The van der Waals surface area contributed by atoms with Crippen molar-refractivity contribution in [3.05, 3.63) is 69.8 Å². The lowest BCUT2D eigenvalue weighted by molar-refractivity contribution is -0.117. The molecule has 2 aromatic rings. The van der Waals surface area contributed by atoms with Gasteiger partial charge in [0.15, 0.2) is 0 Å². The Morgan fingerprint density at radius 1 is 0.750 bits per heavy atom. The molecule has 0 saturated heterocycles. The molecule has 2 aromatic carbocycles. The second-order valence-electron chi connectivity index (χ2n) is 9.36. The van der Waals surface area contributed by atoms with Crippen LogP contribution in [0.4, 0.5) is 0 Å². The van der Waals surface area contributed by atoms with Crippen LogP contribution in [-0.2, 0) is 28.5 Å². The van der Waals surface area contributed by atoms with Crippen molar-refractivity contribution in [3.63, 3.8) is 0 Å². The molecule has 0 N–H and O–H groups in total. The summed E-state index contributed by atoms with van der Waals surface area (Å²) in [7, 11) is 0. The third-order valence-electron chi connectivity index (χ3n) is 4.97. The van der Waals surface area contributed by atoms with Crippen molar-refractivity contribution < 1.29 is 4.79 Å². The van der Waals surface area contributed by atoms with Gasteiger partial charge in [-0.3, -0.25) is 4.79 Å². The van der Waals surface area contributed by atoms with Gasteiger partial charge in [-0.1, -0.05) is 65.8 Å². The summed E-state index contributed by atoms with van der Waals surface area (Å²) in [5.74, 6) is 0.0000161. The van der Waals surface area contributed by atoms with Crippen LogP contribution in [-0.4, -0.2) is 5.78 Å². The van der Waals surface area contributed by atoms with Crippen molar-refractivity contribution in [2.24, 2.45) is 0 Å². The van der Waals surface area contributed by atoms with Gasteiger partial charge in [-0.25, -0.2) is 0 Å². The first-order chi connectivity index (χ1) is 13.0. The van der Waals surface area contributed by atoms with Gasteiger partial charge in [0.25, 0.3) is 0 Å². The number of benzene rings is 2. The Morgan fingerprint density at radius 2 is 1.11 bits per heavy atom. The van der Waals surface area contributed by atoms with Crippen molar-refractivity contribution in [1.82, 2.24) is 0 Å². The fourth-order valence-electron chi connectivity index (χ4n) is 3.09. The van der Waals surface area contributed by atoms with Crippen molar-refractivity contribution in [2.75, 3.05) is 0 Å². The Bertz CT molecular complexity index is 894. The number of nitrogens with zero attached hydrogens (tertiary/aromatic N) is 2. The van der Waals surface area contributed by atoms with E-state index < -0.39 is 0 Å². The first kappa shape index (κ1) is 21.4. The number of rotatable bonds is 4. The van der Waals surface area contributed by atoms with E-state index in [2.05, 4.69) is 53.7 Å². The Balaban J connectivity index is 2.24. The molecule has 144 valence electrons. The highest BCUT2D eigenvalue weighted by Gasteiger charge is 2.19. The second-order valence-corrected chi connectivity index (χ2v) is 9.36. The molecule has 0 saturated carbocycles. The van der Waals surface area contributed by atoms with Crippen LogP contribution in [0, 0.1) is 22.7 Å². The number of carbonyl (C=O) groups excluding carboxylic acids is 1. The van der Waals surface area contributed by atoms with E-state index in [0.29, 0.717) is 11.1 Å². The number of nitriles is 2. The van der Waals surface area contributed by atoms with Crippen LogP contribution >= 0.6 is 0 Å². The van der Waals surface area contributed by atoms with E-state index in [1.54, 1.807) is 0 Å². The van der Waals surface area contributed by atoms with Crippen LogP contribution in [0.5, 0.6) is 0 Å². The molecule has 0 aliphatic carbocycles. The van der Waals surface area contributed by atoms with E-state index in [-0.39, 0.29) is 29.5 Å². The predicted octanol–water partition coefficient (Wildman–Crippen LogP) is 5.38. The van der Waals surface area contributed by atoms with Gasteiger partial charge in [0.05, 0.1) is 23.3 Å². The molecular weight excluding hydrogens is 344 g/mol. The summed E-state index contributed by atoms with van der Waals surface area (Å²) in [6.45, 7) is 12.6. The maximum absolute atomic E-state index is 12.7. The molecule has 0 bridgehead atoms. The molecular formula is C25H28N2O. The van der Waals surface area contributed by atoms with Crippen molar-refractivity contribution in [1.29, 1.82) is 10.5 Å². The van der Waals surface area contributed by atoms with E-state index in [0.717, 1.165) is 22.3 Å². The van der Waals surface area contributed by atoms with Crippen molar-refractivity contribution in [3.8, 4) is 12.1 Å². The summed E-state index contributed by atoms with van der Waals surface area (Å²) in [5, 5.41) is 19.0. The average Bonchev–Trinajstić information content (AvgIpc) is 2.60. The Labute approximate surface area is 168 Å². The van der Waals surface area contributed by atoms with E-state index in [1.165, 1.54) is 0 Å². The van der Waals surface area contributed by atoms with Gasteiger partial charge in [-0.05, 0) is 45.2 Å². The molecule has 0 amide bonds. The first-order valence-electron chi connectivity index (χ1n) is 9.54. The summed E-state index contributed by atoms with van der Waals surface area (Å²) < 4.78 is 0. The van der Waals surface area contributed by atoms with E-state index in [9.17, 15) is 15.3 Å². The highest BCUT2D eigenvalue weighted by atomic mass is 16.1. The van der Waals surface area contributed by atoms with Gasteiger partial charge in [0, 0.05) is 12.8 Å². The maximum atomic E-state index is 12.7. The molecule has 2 rings (SSSR count). The number of carbonyl (C=O) groups is 1. The smallest absolute Gasteiger partial charge is 0.141 e. The monoisotopic (exact) mass is 372 g/mol. The van der Waals surface area contributed by atoms with Crippen LogP contribution in [0.2, 0.25) is 0 Å². The average molecular weight is 373 g/mol. The predicted molar refractivity (Wildman–Crippen MR) is 112 cm³/mol. The molecule has 28 heavy (non-hydrogen) atoms. The minimum Gasteiger partial charge on any atom is -0.299 e. The Hall–Kier alpha value is -2.91. The number of hydrogen-bond acceptors (Lipinski definition) is 3. The highest BCUT2D eigenvalue weighted by Crippen LogP contribution is 2.26. The molecule has 0 aliphatic heterocycles. The fraction of sp³-hybridized carbons (Fsp3) is 0.400. The quantitative estimate of drug-likeness (QED) is 0.724. The highest BCUT2D eigenvalue weighted by molar-refractivity contribution is 5.84. The third-order valence-corrected chi connectivity index (χ3v) is 4.97. The summed E-state index contributed by atoms with van der Waals surface area (Å²) >= 11 is 0. The number of ketones is 1. The lowest BCUT2D eigenvalue weighted by Gasteiger charge is -2.20. The molecule has 0 heterocycles. The SMILES string of the molecule is CC(C)(C)c1ccc(CC(=O)Cc2ccc(C(C)(C)C)cc2C#N)c(C#N)c1. The van der Waals surface area contributed by atoms with E-state index >= 15 is 0 Å². The molecule has 0 atom stereocenters. The van der Waals surface area contributed by atoms with Crippen molar-refractivity contribution in [2.45, 2.75) is 65.2 Å². The van der Waals surface area contributed by atoms with Crippen LogP contribution in [0.25, 0.3) is 0 Å². The zero-order valence-corrected chi connectivity index (χ0v) is 17.7. The van der Waals surface area contributed by atoms with E-state index in [4.69, 9.17) is 0 Å². The van der Waals surface area contributed by atoms with Gasteiger partial charge in [0.1, 0.15) is 5.78 Å². The standard InChI is InChI=1S/C25H28N2O/c1-24(2,3)21-9-7-17(19(11-21)15-26)13-23(28)14-18-8-10-22(25(4,5)6)12-20(18)16-27/h7-12H,13-14H2,1-6H3. The maximum Gasteiger partial charge on any atom is 0.141 e. The van der Waals surface area contributed by atoms with Crippen LogP contribution < -0.4 is 0 Å². The molecule has 0 radical (unpaired) electrons. The summed E-state index contributed by atoms with van der Waals surface area (Å²) in [6.07, 6.45) is 0.387. The van der Waals surface area contributed by atoms with Crippen LogP contribution in [0.1, 0.15) is 74.9 Å². The molecule has 0 spiro atoms. The Kier molecular flexibility index (Phi) is 6.10. The second kappa shape index (κ2) is 7.99. The number of hydrogen-bond donors (Lipinski definition) is 0. The fourth-order valence-corrected chi connectivity index (χ4v) is 3.09. The molecule has 0 fully saturated rings. The summed E-state index contributed by atoms with van der Waals surface area (Å²) in [4.78, 5) is 12.7. The molecule has 0 unspecified atom stereocenters. The zero-order chi connectivity index (χ0) is 21.1. The lowest BCUT2D eigenvalue weighted by Crippen LogP contribution is -2.14. The third kappa shape index (κ3) is 5.08. The summed E-state index contributed by atoms with van der Waals surface area (Å²) in [6, 6.07) is 15.9. The van der Waals surface area contributed by atoms with Gasteiger partial charge < -0.3 is 0 Å². The topological polar surface area (TPSA) is 64.7 Å². The van der Waals surface area contributed by atoms with Crippen LogP contribution in [0.3, 0.4) is 0 Å². The summed E-state index contributed by atoms with van der Waals surface area (Å²) in [5.41, 5.74) is 4.62. The first-order valence-corrected chi connectivity index (χ1v) is 9.54.